The lowest BCUT2D eigenvalue weighted by Crippen LogP contribution is -2.36. The van der Waals surface area contributed by atoms with Gasteiger partial charge in [0.1, 0.15) is 5.75 Å². The van der Waals surface area contributed by atoms with Crippen LogP contribution in [0.3, 0.4) is 0 Å². The molecule has 0 heterocycles. The molecule has 0 saturated carbocycles. The molecule has 19 heavy (non-hydrogen) atoms. The molecule has 0 aliphatic heterocycles. The van der Waals surface area contributed by atoms with Gasteiger partial charge in [-0.15, -0.1) is 0 Å². The second-order valence-electron chi connectivity index (χ2n) is 4.78. The van der Waals surface area contributed by atoms with E-state index >= 15 is 0 Å². The minimum atomic E-state index is -0.173. The lowest BCUT2D eigenvalue weighted by molar-refractivity contribution is 0.0948. The smallest absolute Gasteiger partial charge is 0.253 e. The average Bonchev–Trinajstić information content (AvgIpc) is 2.38. The Balaban J connectivity index is 2.58. The third-order valence-corrected chi connectivity index (χ3v) is 3.14. The third-order valence-electron chi connectivity index (χ3n) is 3.14. The van der Waals surface area contributed by atoms with Crippen LogP contribution in [-0.2, 0) is 0 Å². The minimum absolute atomic E-state index is 0.173. The van der Waals surface area contributed by atoms with Gasteiger partial charge >= 0.3 is 0 Å². The van der Waals surface area contributed by atoms with E-state index in [1.165, 1.54) is 0 Å². The van der Waals surface area contributed by atoms with Crippen molar-refractivity contribution in [1.82, 2.24) is 10.2 Å². The number of carbonyl (C=O) groups is 1. The summed E-state index contributed by atoms with van der Waals surface area (Å²) in [5.74, 6) is 0.451. The Hall–Kier alpha value is -1.75. The van der Waals surface area contributed by atoms with Crippen molar-refractivity contribution in [3.05, 3.63) is 23.8 Å². The van der Waals surface area contributed by atoms with Crippen LogP contribution in [0.25, 0.3) is 0 Å². The number of nitrogens with zero attached hydrogens (tertiary/aromatic N) is 1. The third kappa shape index (κ3) is 4.44. The predicted molar refractivity (Wildman–Crippen MR) is 77.5 cm³/mol. The Morgan fingerprint density at radius 3 is 2.74 bits per heavy atom. The van der Waals surface area contributed by atoms with Crippen LogP contribution in [0.2, 0.25) is 0 Å². The highest BCUT2D eigenvalue weighted by Gasteiger charge is 2.11. The number of benzene rings is 1. The number of rotatable bonds is 6. The number of amides is 1. The molecule has 0 saturated heterocycles. The van der Waals surface area contributed by atoms with Crippen molar-refractivity contribution in [3.63, 3.8) is 0 Å². The van der Waals surface area contributed by atoms with Crippen LogP contribution in [-0.4, -0.2) is 44.1 Å². The SMILES string of the molecule is COc1ccc(N)c(C(=O)NCCN(C)C(C)C)c1. The zero-order valence-electron chi connectivity index (χ0n) is 12.1. The van der Waals surface area contributed by atoms with Gasteiger partial charge in [-0.25, -0.2) is 0 Å². The van der Waals surface area contributed by atoms with E-state index < -0.39 is 0 Å². The lowest BCUT2D eigenvalue weighted by atomic mass is 10.1. The summed E-state index contributed by atoms with van der Waals surface area (Å²) in [5.41, 5.74) is 6.70. The fourth-order valence-electron chi connectivity index (χ4n) is 1.56. The molecule has 0 atom stereocenters. The van der Waals surface area contributed by atoms with Crippen molar-refractivity contribution in [2.45, 2.75) is 19.9 Å². The van der Waals surface area contributed by atoms with Gasteiger partial charge in [-0.2, -0.15) is 0 Å². The molecule has 0 fully saturated rings. The van der Waals surface area contributed by atoms with Gasteiger partial charge in [-0.1, -0.05) is 0 Å². The molecule has 5 heteroatoms. The summed E-state index contributed by atoms with van der Waals surface area (Å²) >= 11 is 0. The summed E-state index contributed by atoms with van der Waals surface area (Å²) < 4.78 is 5.09. The number of ether oxygens (including phenoxy) is 1. The van der Waals surface area contributed by atoms with Gasteiger partial charge in [0.15, 0.2) is 0 Å². The van der Waals surface area contributed by atoms with Crippen LogP contribution >= 0.6 is 0 Å². The van der Waals surface area contributed by atoms with Crippen LogP contribution < -0.4 is 15.8 Å². The van der Waals surface area contributed by atoms with E-state index in [0.717, 1.165) is 6.54 Å². The number of nitrogens with one attached hydrogen (secondary N) is 1. The number of likely N-dealkylation sites (N-methyl/N-ethyl adjacent to an activating group) is 1. The van der Waals surface area contributed by atoms with E-state index in [2.05, 4.69) is 24.1 Å². The van der Waals surface area contributed by atoms with E-state index in [1.54, 1.807) is 25.3 Å². The zero-order chi connectivity index (χ0) is 14.4. The number of nitrogen functional groups attached to an aromatic ring is 1. The number of anilines is 1. The summed E-state index contributed by atoms with van der Waals surface area (Å²) in [5, 5.41) is 2.86. The first-order valence-corrected chi connectivity index (χ1v) is 6.37. The summed E-state index contributed by atoms with van der Waals surface area (Å²) in [6.45, 7) is 5.61. The average molecular weight is 265 g/mol. The van der Waals surface area contributed by atoms with Crippen LogP contribution in [0, 0.1) is 0 Å². The summed E-state index contributed by atoms with van der Waals surface area (Å²) in [4.78, 5) is 14.2. The van der Waals surface area contributed by atoms with E-state index in [4.69, 9.17) is 10.5 Å². The topological polar surface area (TPSA) is 67.6 Å². The van der Waals surface area contributed by atoms with Crippen molar-refractivity contribution in [2.75, 3.05) is 33.0 Å². The molecule has 0 aliphatic rings. The maximum Gasteiger partial charge on any atom is 0.253 e. The number of carbonyl (C=O) groups excluding carboxylic acids is 1. The fourth-order valence-corrected chi connectivity index (χ4v) is 1.56. The standard InChI is InChI=1S/C14H23N3O2/c1-10(2)17(3)8-7-16-14(18)12-9-11(19-4)5-6-13(12)15/h5-6,9-10H,7-8,15H2,1-4H3,(H,16,18). The van der Waals surface area contributed by atoms with Crippen molar-refractivity contribution < 1.29 is 9.53 Å². The lowest BCUT2D eigenvalue weighted by Gasteiger charge is -2.21. The monoisotopic (exact) mass is 265 g/mol. The Labute approximate surface area is 114 Å². The van der Waals surface area contributed by atoms with Crippen LogP contribution in [0.1, 0.15) is 24.2 Å². The first-order chi connectivity index (χ1) is 8.95. The molecule has 0 aliphatic carbocycles. The first kappa shape index (κ1) is 15.3. The van der Waals surface area contributed by atoms with Gasteiger partial charge in [0.25, 0.3) is 5.91 Å². The Kier molecular flexibility index (Phi) is 5.63. The molecular weight excluding hydrogens is 242 g/mol. The summed E-state index contributed by atoms with van der Waals surface area (Å²) in [6, 6.07) is 5.52. The zero-order valence-corrected chi connectivity index (χ0v) is 12.1. The highest BCUT2D eigenvalue weighted by atomic mass is 16.5. The highest BCUT2D eigenvalue weighted by molar-refractivity contribution is 5.99. The number of hydrogen-bond acceptors (Lipinski definition) is 4. The van der Waals surface area contributed by atoms with Crippen molar-refractivity contribution in [2.24, 2.45) is 0 Å². The molecule has 1 amide bonds. The molecule has 3 N–H and O–H groups in total. The van der Waals surface area contributed by atoms with E-state index in [9.17, 15) is 4.79 Å². The van der Waals surface area contributed by atoms with Gasteiger partial charge in [-0.3, -0.25) is 4.79 Å². The molecule has 5 nitrogen and oxygen atoms in total. The van der Waals surface area contributed by atoms with Crippen molar-refractivity contribution in [3.8, 4) is 5.75 Å². The Morgan fingerprint density at radius 2 is 2.16 bits per heavy atom. The maximum absolute atomic E-state index is 12.0. The second kappa shape index (κ2) is 6.99. The molecule has 1 rings (SSSR count). The van der Waals surface area contributed by atoms with Crippen LogP contribution in [0.5, 0.6) is 5.75 Å². The molecule has 0 spiro atoms. The molecule has 0 aromatic heterocycles. The normalized spacial score (nSPS) is 10.8. The molecule has 1 aromatic rings. The number of nitrogens with two attached hydrogens (primary N) is 1. The summed E-state index contributed by atoms with van der Waals surface area (Å²) in [6.07, 6.45) is 0. The van der Waals surface area contributed by atoms with Gasteiger partial charge in [0, 0.05) is 24.8 Å². The predicted octanol–water partition coefficient (Wildman–Crippen LogP) is 1.35. The van der Waals surface area contributed by atoms with Crippen LogP contribution in [0.4, 0.5) is 5.69 Å². The first-order valence-electron chi connectivity index (χ1n) is 6.37. The minimum Gasteiger partial charge on any atom is -0.497 e. The maximum atomic E-state index is 12.0. The quantitative estimate of drug-likeness (QED) is 0.762. The van der Waals surface area contributed by atoms with E-state index in [0.29, 0.717) is 29.6 Å². The van der Waals surface area contributed by atoms with Crippen molar-refractivity contribution >= 4 is 11.6 Å². The molecule has 0 bridgehead atoms. The molecular formula is C14H23N3O2. The number of hydrogen-bond donors (Lipinski definition) is 2. The molecule has 0 unspecified atom stereocenters. The fraction of sp³-hybridized carbons (Fsp3) is 0.500. The Bertz CT molecular complexity index is 433. The van der Waals surface area contributed by atoms with Gasteiger partial charge < -0.3 is 20.7 Å². The van der Waals surface area contributed by atoms with Gasteiger partial charge in [-0.05, 0) is 39.1 Å². The van der Waals surface area contributed by atoms with Crippen LogP contribution in [0.15, 0.2) is 18.2 Å². The summed E-state index contributed by atoms with van der Waals surface area (Å²) in [7, 11) is 3.58. The highest BCUT2D eigenvalue weighted by Crippen LogP contribution is 2.19. The van der Waals surface area contributed by atoms with Crippen molar-refractivity contribution in [1.29, 1.82) is 0 Å². The van der Waals surface area contributed by atoms with Gasteiger partial charge in [0.2, 0.25) is 0 Å². The second-order valence-corrected chi connectivity index (χ2v) is 4.78. The Morgan fingerprint density at radius 1 is 1.47 bits per heavy atom. The van der Waals surface area contributed by atoms with Gasteiger partial charge in [0.05, 0.1) is 12.7 Å². The largest absolute Gasteiger partial charge is 0.497 e. The number of methoxy groups -OCH3 is 1. The molecule has 106 valence electrons. The molecule has 1 aromatic carbocycles. The van der Waals surface area contributed by atoms with E-state index in [1.807, 2.05) is 7.05 Å². The van der Waals surface area contributed by atoms with E-state index in [-0.39, 0.29) is 5.91 Å². The molecule has 0 radical (unpaired) electrons.